The first-order chi connectivity index (χ1) is 13.8. The predicted octanol–water partition coefficient (Wildman–Crippen LogP) is 2.71. The van der Waals surface area contributed by atoms with E-state index < -0.39 is 35.8 Å². The molecule has 2 amide bonds. The Labute approximate surface area is 166 Å². The summed E-state index contributed by atoms with van der Waals surface area (Å²) in [4.78, 5) is 24.9. The Morgan fingerprint density at radius 1 is 1.41 bits per heavy atom. The number of carboxylic acid groups (broad SMARTS) is 1. The number of benzene rings is 1. The molecule has 9 nitrogen and oxygen atoms in total. The van der Waals surface area contributed by atoms with Gasteiger partial charge in [-0.2, -0.15) is 10.4 Å². The van der Waals surface area contributed by atoms with Crippen LogP contribution in [0, 0.1) is 23.1 Å². The van der Waals surface area contributed by atoms with Crippen LogP contribution in [0.5, 0.6) is 0 Å². The van der Waals surface area contributed by atoms with Gasteiger partial charge >= 0.3 is 6.09 Å². The summed E-state index contributed by atoms with van der Waals surface area (Å²) in [7, 11) is 0. The maximum Gasteiger partial charge on any atom is 0.407 e. The molecule has 1 aromatic heterocycles. The fourth-order valence-electron chi connectivity index (χ4n) is 3.76. The zero-order chi connectivity index (χ0) is 21.1. The number of anilines is 2. The average Bonchev–Trinajstić information content (AvgIpc) is 3.12. The molecule has 0 bridgehead atoms. The molecule has 0 radical (unpaired) electrons. The van der Waals surface area contributed by atoms with E-state index in [0.717, 1.165) is 0 Å². The van der Waals surface area contributed by atoms with Crippen LogP contribution in [0.15, 0.2) is 30.5 Å². The van der Waals surface area contributed by atoms with Crippen molar-refractivity contribution in [1.82, 2.24) is 14.7 Å². The molecule has 1 aliphatic rings. The number of primary amides is 1. The minimum absolute atomic E-state index is 0.0910. The molecule has 0 aliphatic carbocycles. The second-order valence-electron chi connectivity index (χ2n) is 6.83. The molecule has 1 aromatic carbocycles. The minimum atomic E-state index is -1.06. The molecule has 3 atom stereocenters. The summed E-state index contributed by atoms with van der Waals surface area (Å²) >= 11 is 0. The SMILES string of the molecule is CCC1[C@H](n2cc(C(N)=O)c(Nc3ccc(F)cc3)n2)[C@@H](C#N)CCN1C(=O)O. The molecule has 29 heavy (non-hydrogen) atoms. The number of carbonyl (C=O) groups excluding carboxylic acids is 1. The lowest BCUT2D eigenvalue weighted by molar-refractivity contribution is 0.0598. The molecule has 0 spiro atoms. The van der Waals surface area contributed by atoms with Gasteiger partial charge in [0.15, 0.2) is 5.82 Å². The molecule has 0 saturated carbocycles. The number of amides is 2. The van der Waals surface area contributed by atoms with Crippen LogP contribution in [0.4, 0.5) is 20.7 Å². The summed E-state index contributed by atoms with van der Waals surface area (Å²) < 4.78 is 14.6. The van der Waals surface area contributed by atoms with E-state index in [0.29, 0.717) is 18.5 Å². The smallest absolute Gasteiger partial charge is 0.407 e. The standard InChI is InChI=1S/C19H21FN6O3/c1-2-15-16(11(9-21)7-8-25(15)19(28)29)26-10-14(17(22)27)18(24-26)23-13-5-3-12(20)4-6-13/h3-6,10-11,15-16H,2,7-8H2,1H3,(H2,22,27)(H,23,24)(H,28,29)/t11-,15?,16-/m1/s1. The molecule has 1 fully saturated rings. The van der Waals surface area contributed by atoms with Gasteiger partial charge in [0.2, 0.25) is 0 Å². The topological polar surface area (TPSA) is 137 Å². The van der Waals surface area contributed by atoms with E-state index >= 15 is 0 Å². The lowest BCUT2D eigenvalue weighted by Gasteiger charge is -2.41. The number of nitriles is 1. The first-order valence-corrected chi connectivity index (χ1v) is 9.16. The van der Waals surface area contributed by atoms with Gasteiger partial charge in [0.05, 0.1) is 24.1 Å². The Kier molecular flexibility index (Phi) is 5.68. The number of rotatable bonds is 5. The molecule has 1 saturated heterocycles. The largest absolute Gasteiger partial charge is 0.465 e. The number of hydrogen-bond acceptors (Lipinski definition) is 5. The van der Waals surface area contributed by atoms with Crippen LogP contribution in [0.25, 0.3) is 0 Å². The van der Waals surface area contributed by atoms with E-state index in [9.17, 15) is 24.3 Å². The van der Waals surface area contributed by atoms with Crippen LogP contribution in [0.2, 0.25) is 0 Å². The van der Waals surface area contributed by atoms with Crippen molar-refractivity contribution in [2.24, 2.45) is 11.7 Å². The number of carbonyl (C=O) groups is 2. The maximum absolute atomic E-state index is 13.1. The molecular formula is C19H21FN6O3. The first kappa shape index (κ1) is 20.1. The fraction of sp³-hybridized carbons (Fsp3) is 0.368. The molecule has 2 aromatic rings. The summed E-state index contributed by atoms with van der Waals surface area (Å²) in [6.07, 6.45) is 1.19. The van der Waals surface area contributed by atoms with Crippen molar-refractivity contribution < 1.29 is 19.1 Å². The molecule has 1 aliphatic heterocycles. The van der Waals surface area contributed by atoms with Gasteiger partial charge in [0, 0.05) is 18.4 Å². The van der Waals surface area contributed by atoms with Crippen LogP contribution < -0.4 is 11.1 Å². The Morgan fingerprint density at radius 3 is 2.66 bits per heavy atom. The van der Waals surface area contributed by atoms with Crippen LogP contribution >= 0.6 is 0 Å². The van der Waals surface area contributed by atoms with Crippen molar-refractivity contribution >= 4 is 23.5 Å². The molecule has 10 heteroatoms. The quantitative estimate of drug-likeness (QED) is 0.706. The summed E-state index contributed by atoms with van der Waals surface area (Å²) in [5.41, 5.74) is 6.07. The third-order valence-electron chi connectivity index (χ3n) is 5.13. The number of nitrogens with zero attached hydrogens (tertiary/aromatic N) is 4. The van der Waals surface area contributed by atoms with Crippen molar-refractivity contribution in [3.05, 3.63) is 41.8 Å². The Bertz CT molecular complexity index is 952. The maximum atomic E-state index is 13.1. The highest BCUT2D eigenvalue weighted by atomic mass is 19.1. The highest BCUT2D eigenvalue weighted by molar-refractivity contribution is 5.98. The van der Waals surface area contributed by atoms with E-state index in [4.69, 9.17) is 5.73 Å². The molecule has 3 rings (SSSR count). The number of nitrogens with two attached hydrogens (primary N) is 1. The summed E-state index contributed by atoms with van der Waals surface area (Å²) in [6.45, 7) is 2.09. The monoisotopic (exact) mass is 400 g/mol. The van der Waals surface area contributed by atoms with E-state index in [1.54, 1.807) is 0 Å². The highest BCUT2D eigenvalue weighted by Crippen LogP contribution is 2.35. The summed E-state index contributed by atoms with van der Waals surface area (Å²) in [5, 5.41) is 26.5. The molecular weight excluding hydrogens is 379 g/mol. The lowest BCUT2D eigenvalue weighted by atomic mass is 9.85. The molecule has 152 valence electrons. The van der Waals surface area contributed by atoms with Gasteiger partial charge in [-0.25, -0.2) is 9.18 Å². The van der Waals surface area contributed by atoms with Gasteiger partial charge in [-0.1, -0.05) is 6.92 Å². The summed E-state index contributed by atoms with van der Waals surface area (Å²) in [5.74, 6) is -1.46. The van der Waals surface area contributed by atoms with Crippen molar-refractivity contribution in [3.63, 3.8) is 0 Å². The van der Waals surface area contributed by atoms with Gasteiger partial charge in [0.1, 0.15) is 11.4 Å². The van der Waals surface area contributed by atoms with Gasteiger partial charge < -0.3 is 21.1 Å². The Balaban J connectivity index is 2.01. The van der Waals surface area contributed by atoms with Crippen molar-refractivity contribution in [1.29, 1.82) is 5.26 Å². The predicted molar refractivity (Wildman–Crippen MR) is 102 cm³/mol. The molecule has 2 heterocycles. The van der Waals surface area contributed by atoms with Gasteiger partial charge in [-0.15, -0.1) is 0 Å². The Morgan fingerprint density at radius 2 is 2.10 bits per heavy atom. The first-order valence-electron chi connectivity index (χ1n) is 9.16. The highest BCUT2D eigenvalue weighted by Gasteiger charge is 2.41. The van der Waals surface area contributed by atoms with Gasteiger partial charge in [-0.3, -0.25) is 9.48 Å². The van der Waals surface area contributed by atoms with Crippen molar-refractivity contribution in [2.75, 3.05) is 11.9 Å². The average molecular weight is 400 g/mol. The van der Waals surface area contributed by atoms with Crippen LogP contribution in [0.1, 0.15) is 36.2 Å². The van der Waals surface area contributed by atoms with E-state index in [1.165, 1.54) is 40.0 Å². The zero-order valence-electron chi connectivity index (χ0n) is 15.7. The number of aromatic nitrogens is 2. The normalized spacial score (nSPS) is 21.4. The minimum Gasteiger partial charge on any atom is -0.465 e. The third-order valence-corrected chi connectivity index (χ3v) is 5.13. The van der Waals surface area contributed by atoms with E-state index in [-0.39, 0.29) is 17.9 Å². The van der Waals surface area contributed by atoms with E-state index in [2.05, 4.69) is 16.5 Å². The van der Waals surface area contributed by atoms with Crippen LogP contribution in [-0.2, 0) is 0 Å². The Hall–Kier alpha value is -3.61. The number of likely N-dealkylation sites (tertiary alicyclic amines) is 1. The zero-order valence-corrected chi connectivity index (χ0v) is 15.7. The van der Waals surface area contributed by atoms with Crippen LogP contribution in [-0.4, -0.2) is 44.4 Å². The number of halogens is 1. The second kappa shape index (κ2) is 8.18. The van der Waals surface area contributed by atoms with Gasteiger partial charge in [-0.05, 0) is 37.1 Å². The lowest BCUT2D eigenvalue weighted by Crippen LogP contribution is -2.51. The molecule has 1 unspecified atom stereocenters. The third kappa shape index (κ3) is 3.99. The van der Waals surface area contributed by atoms with E-state index in [1.807, 2.05) is 6.92 Å². The number of hydrogen-bond donors (Lipinski definition) is 3. The summed E-state index contributed by atoms with van der Waals surface area (Å²) in [6, 6.07) is 6.66. The van der Waals surface area contributed by atoms with Crippen molar-refractivity contribution in [2.45, 2.75) is 31.8 Å². The second-order valence-corrected chi connectivity index (χ2v) is 6.83. The molecule has 4 N–H and O–H groups in total. The number of nitrogens with one attached hydrogen (secondary N) is 1. The number of piperidine rings is 1. The fourth-order valence-corrected chi connectivity index (χ4v) is 3.76. The van der Waals surface area contributed by atoms with Crippen molar-refractivity contribution in [3.8, 4) is 6.07 Å². The van der Waals surface area contributed by atoms with Gasteiger partial charge in [0.25, 0.3) is 5.91 Å². The van der Waals surface area contributed by atoms with Crippen LogP contribution in [0.3, 0.4) is 0 Å².